The molecule has 0 aliphatic rings. The van der Waals surface area contributed by atoms with Crippen LogP contribution in [0.3, 0.4) is 0 Å². The maximum absolute atomic E-state index is 12.0. The minimum absolute atomic E-state index is 0.335. The molecule has 0 saturated carbocycles. The lowest BCUT2D eigenvalue weighted by Gasteiger charge is -2.17. The summed E-state index contributed by atoms with van der Waals surface area (Å²) in [4.78, 5) is 0. The van der Waals surface area contributed by atoms with E-state index in [1.807, 2.05) is 60.7 Å². The van der Waals surface area contributed by atoms with Gasteiger partial charge in [0, 0.05) is 6.42 Å². The van der Waals surface area contributed by atoms with Crippen LogP contribution in [-0.4, -0.2) is 29.3 Å². The molecule has 0 spiro atoms. The van der Waals surface area contributed by atoms with Gasteiger partial charge >= 0.3 is 0 Å². The first-order valence-electron chi connectivity index (χ1n) is 9.57. The molecule has 160 valence electrons. The van der Waals surface area contributed by atoms with Gasteiger partial charge in [0.1, 0.15) is 0 Å². The van der Waals surface area contributed by atoms with Crippen LogP contribution in [-0.2, 0) is 26.5 Å². The van der Waals surface area contributed by atoms with Crippen LogP contribution in [0.4, 0.5) is 11.4 Å². The quantitative estimate of drug-likeness (QED) is 0.454. The van der Waals surface area contributed by atoms with E-state index in [4.69, 9.17) is 0 Å². The van der Waals surface area contributed by atoms with Crippen molar-refractivity contribution in [3.8, 4) is 0 Å². The summed E-state index contributed by atoms with van der Waals surface area (Å²) in [6, 6.07) is 22.7. The van der Waals surface area contributed by atoms with Gasteiger partial charge in [-0.25, -0.2) is 16.8 Å². The number of benzene rings is 4. The predicted molar refractivity (Wildman–Crippen MR) is 128 cm³/mol. The molecule has 6 nitrogen and oxygen atoms in total. The highest BCUT2D eigenvalue weighted by molar-refractivity contribution is 7.92. The number of sulfonamides is 2. The molecule has 8 heteroatoms. The second-order valence-corrected chi connectivity index (χ2v) is 11.1. The Morgan fingerprint density at radius 2 is 1.19 bits per heavy atom. The smallest absolute Gasteiger partial charge is 0.229 e. The van der Waals surface area contributed by atoms with Gasteiger partial charge in [0.2, 0.25) is 20.0 Å². The molecular formula is C23H22N2O4S2. The molecule has 0 radical (unpaired) electrons. The summed E-state index contributed by atoms with van der Waals surface area (Å²) < 4.78 is 53.2. The minimum atomic E-state index is -3.50. The largest absolute Gasteiger partial charge is 0.283 e. The van der Waals surface area contributed by atoms with Crippen molar-refractivity contribution < 1.29 is 16.8 Å². The van der Waals surface area contributed by atoms with Gasteiger partial charge in [-0.2, -0.15) is 0 Å². The normalized spacial score (nSPS) is 12.2. The number of hydrogen-bond acceptors (Lipinski definition) is 4. The van der Waals surface area contributed by atoms with Gasteiger partial charge in [0.05, 0.1) is 23.9 Å². The van der Waals surface area contributed by atoms with E-state index in [9.17, 15) is 16.8 Å². The van der Waals surface area contributed by atoms with Crippen molar-refractivity contribution in [3.05, 3.63) is 83.9 Å². The van der Waals surface area contributed by atoms with Crippen LogP contribution in [0.25, 0.3) is 21.5 Å². The number of hydrogen-bond donors (Lipinski definition) is 2. The van der Waals surface area contributed by atoms with E-state index in [1.54, 1.807) is 12.1 Å². The molecule has 0 fully saturated rings. The third-order valence-electron chi connectivity index (χ3n) is 4.97. The molecule has 2 N–H and O–H groups in total. The molecule has 0 amide bonds. The van der Waals surface area contributed by atoms with E-state index >= 15 is 0 Å². The summed E-state index contributed by atoms with van der Waals surface area (Å²) in [6.07, 6.45) is 2.56. The van der Waals surface area contributed by atoms with Gasteiger partial charge in [-0.15, -0.1) is 0 Å². The van der Waals surface area contributed by atoms with E-state index in [0.29, 0.717) is 17.8 Å². The monoisotopic (exact) mass is 454 g/mol. The zero-order valence-corrected chi connectivity index (χ0v) is 18.7. The van der Waals surface area contributed by atoms with E-state index in [2.05, 4.69) is 9.44 Å². The number of fused-ring (bicyclic) bond motifs is 2. The van der Waals surface area contributed by atoms with Crippen LogP contribution in [0, 0.1) is 0 Å². The highest BCUT2D eigenvalue weighted by Gasteiger charge is 2.16. The van der Waals surface area contributed by atoms with E-state index < -0.39 is 20.0 Å². The molecule has 0 unspecified atom stereocenters. The molecular weight excluding hydrogens is 432 g/mol. The van der Waals surface area contributed by atoms with Crippen LogP contribution in [0.2, 0.25) is 0 Å². The maximum Gasteiger partial charge on any atom is 0.229 e. The van der Waals surface area contributed by atoms with Gasteiger partial charge in [0.15, 0.2) is 0 Å². The van der Waals surface area contributed by atoms with Gasteiger partial charge in [-0.1, -0.05) is 54.6 Å². The van der Waals surface area contributed by atoms with Crippen LogP contribution in [0.15, 0.2) is 72.8 Å². The first-order chi connectivity index (χ1) is 14.6. The Balaban J connectivity index is 1.94. The molecule has 31 heavy (non-hydrogen) atoms. The summed E-state index contributed by atoms with van der Waals surface area (Å²) in [5.74, 6) is 0. The molecule has 0 saturated heterocycles. The molecule has 0 aliphatic carbocycles. The van der Waals surface area contributed by atoms with Crippen molar-refractivity contribution in [3.63, 3.8) is 0 Å². The van der Waals surface area contributed by atoms with Gasteiger partial charge < -0.3 is 0 Å². The first-order valence-corrected chi connectivity index (χ1v) is 13.4. The zero-order chi connectivity index (χ0) is 22.2. The van der Waals surface area contributed by atoms with Crippen LogP contribution in [0.1, 0.15) is 11.1 Å². The fourth-order valence-electron chi connectivity index (χ4n) is 3.74. The second kappa shape index (κ2) is 7.86. The van der Waals surface area contributed by atoms with Crippen molar-refractivity contribution in [2.75, 3.05) is 22.0 Å². The molecule has 4 aromatic carbocycles. The van der Waals surface area contributed by atoms with Crippen molar-refractivity contribution in [2.45, 2.75) is 6.42 Å². The fourth-order valence-corrected chi connectivity index (χ4v) is 4.92. The third kappa shape index (κ3) is 4.98. The Morgan fingerprint density at radius 3 is 1.84 bits per heavy atom. The predicted octanol–water partition coefficient (Wildman–Crippen LogP) is 4.33. The number of anilines is 2. The van der Waals surface area contributed by atoms with Crippen LogP contribution < -0.4 is 9.44 Å². The third-order valence-corrected chi connectivity index (χ3v) is 6.15. The number of rotatable bonds is 6. The molecule has 0 bridgehead atoms. The zero-order valence-electron chi connectivity index (χ0n) is 17.1. The molecule has 4 rings (SSSR count). The second-order valence-electron chi connectivity index (χ2n) is 7.59. The lowest BCUT2D eigenvalue weighted by atomic mass is 9.94. The van der Waals surface area contributed by atoms with Crippen molar-refractivity contribution in [1.29, 1.82) is 0 Å². The van der Waals surface area contributed by atoms with E-state index in [-0.39, 0.29) is 0 Å². The average Bonchev–Trinajstić information content (AvgIpc) is 2.68. The van der Waals surface area contributed by atoms with Gasteiger partial charge in [0.25, 0.3) is 0 Å². The standard InChI is InChI=1S/C23H22N2O4S2/c1-30(26,27)24-22-12-11-16-7-5-6-10-20(16)21(22)14-19-13-17-8-3-4-9-18(17)15-23(19)25-31(2,28)29/h3-13,15,24-25H,14H2,1-2H3. The SMILES string of the molecule is CS(=O)(=O)Nc1cc2ccccc2cc1Cc1c(NS(C)(=O)=O)ccc2ccccc12. The van der Waals surface area contributed by atoms with Crippen LogP contribution >= 0.6 is 0 Å². The van der Waals surface area contributed by atoms with Crippen molar-refractivity contribution in [2.24, 2.45) is 0 Å². The summed E-state index contributed by atoms with van der Waals surface area (Å²) in [6.45, 7) is 0. The Labute approximate surface area is 182 Å². The Morgan fingerprint density at radius 1 is 0.645 bits per heavy atom. The highest BCUT2D eigenvalue weighted by Crippen LogP contribution is 2.33. The maximum atomic E-state index is 12.0. The summed E-state index contributed by atoms with van der Waals surface area (Å²) in [5.41, 5.74) is 2.46. The lowest BCUT2D eigenvalue weighted by Crippen LogP contribution is -2.13. The Bertz CT molecular complexity index is 1510. The Hall–Kier alpha value is -3.10. The van der Waals surface area contributed by atoms with E-state index in [0.717, 1.165) is 45.2 Å². The molecule has 0 aromatic heterocycles. The van der Waals surface area contributed by atoms with Gasteiger partial charge in [-0.05, 0) is 50.9 Å². The summed E-state index contributed by atoms with van der Waals surface area (Å²) >= 11 is 0. The molecule has 0 atom stereocenters. The number of nitrogens with one attached hydrogen (secondary N) is 2. The van der Waals surface area contributed by atoms with Crippen LogP contribution in [0.5, 0.6) is 0 Å². The molecule has 0 heterocycles. The molecule has 0 aliphatic heterocycles. The molecule has 4 aromatic rings. The van der Waals surface area contributed by atoms with E-state index in [1.165, 1.54) is 0 Å². The fraction of sp³-hybridized carbons (Fsp3) is 0.130. The highest BCUT2D eigenvalue weighted by atomic mass is 32.2. The first kappa shape index (κ1) is 21.1. The van der Waals surface area contributed by atoms with Gasteiger partial charge in [-0.3, -0.25) is 9.44 Å². The average molecular weight is 455 g/mol. The van der Waals surface area contributed by atoms with Crippen molar-refractivity contribution in [1.82, 2.24) is 0 Å². The lowest BCUT2D eigenvalue weighted by molar-refractivity contribution is 0.605. The topological polar surface area (TPSA) is 92.3 Å². The summed E-state index contributed by atoms with van der Waals surface area (Å²) in [7, 11) is -7.00. The Kier molecular flexibility index (Phi) is 5.36. The van der Waals surface area contributed by atoms with Crippen molar-refractivity contribution >= 4 is 53.0 Å². The minimum Gasteiger partial charge on any atom is -0.283 e. The summed E-state index contributed by atoms with van der Waals surface area (Å²) in [5, 5.41) is 3.74.